The average molecular weight is 403 g/mol. The van der Waals surface area contributed by atoms with Gasteiger partial charge in [0.05, 0.1) is 0 Å². The molecule has 0 unspecified atom stereocenters. The molecule has 2 heterocycles. The van der Waals surface area contributed by atoms with E-state index in [9.17, 15) is 24.6 Å². The number of H-pyrrole nitrogens is 1. The number of pyridine rings is 1. The molecule has 0 saturated carbocycles. The molecule has 0 atom stereocenters. The molecule has 0 aliphatic rings. The van der Waals surface area contributed by atoms with Crippen LogP contribution in [0.25, 0.3) is 22.0 Å². The van der Waals surface area contributed by atoms with Crippen molar-refractivity contribution >= 4 is 28.7 Å². The van der Waals surface area contributed by atoms with Crippen LogP contribution >= 0.6 is 0 Å². The van der Waals surface area contributed by atoms with Crippen LogP contribution in [0.1, 0.15) is 26.3 Å². The number of carboxylic acids is 2. The monoisotopic (exact) mass is 403 g/mol. The van der Waals surface area contributed by atoms with Crippen LogP contribution in [0, 0.1) is 0 Å². The summed E-state index contributed by atoms with van der Waals surface area (Å²) in [6, 6.07) is 16.7. The highest BCUT2D eigenvalue weighted by Gasteiger charge is 2.26. The number of aromatic amines is 1. The van der Waals surface area contributed by atoms with E-state index in [4.69, 9.17) is 5.73 Å². The Hall–Kier alpha value is -4.33. The zero-order valence-electron chi connectivity index (χ0n) is 15.6. The van der Waals surface area contributed by atoms with Crippen molar-refractivity contribution in [2.24, 2.45) is 0 Å². The molecule has 5 N–H and O–H groups in total. The minimum atomic E-state index is -1.53. The largest absolute Gasteiger partial charge is 0.478 e. The number of nitrogen functional groups attached to an aromatic ring is 1. The Kier molecular flexibility index (Phi) is 4.59. The first kappa shape index (κ1) is 19.0. The van der Waals surface area contributed by atoms with Gasteiger partial charge in [0.15, 0.2) is 0 Å². The SMILES string of the molecule is Nc1[nH]c(=O)c(C(=O)O)c(-c2ccc3ccn(Cc4ccccc4)c3c2)c1C(=O)O. The second-order valence-corrected chi connectivity index (χ2v) is 6.81. The molecule has 2 aromatic carbocycles. The summed E-state index contributed by atoms with van der Waals surface area (Å²) < 4.78 is 1.96. The molecule has 0 bridgehead atoms. The number of anilines is 1. The topological polar surface area (TPSA) is 138 Å². The molecule has 0 saturated heterocycles. The van der Waals surface area contributed by atoms with E-state index in [0.29, 0.717) is 6.54 Å². The molecule has 8 nitrogen and oxygen atoms in total. The summed E-state index contributed by atoms with van der Waals surface area (Å²) in [6.45, 7) is 0.572. The lowest BCUT2D eigenvalue weighted by atomic mass is 9.95. The third-order valence-electron chi connectivity index (χ3n) is 4.93. The van der Waals surface area contributed by atoms with Gasteiger partial charge in [-0.2, -0.15) is 0 Å². The van der Waals surface area contributed by atoms with Gasteiger partial charge in [-0.25, -0.2) is 9.59 Å². The quantitative estimate of drug-likeness (QED) is 0.404. The maximum absolute atomic E-state index is 12.3. The van der Waals surface area contributed by atoms with Gasteiger partial charge in [0.25, 0.3) is 5.56 Å². The van der Waals surface area contributed by atoms with Gasteiger partial charge in [0.2, 0.25) is 0 Å². The highest BCUT2D eigenvalue weighted by Crippen LogP contribution is 2.32. The zero-order valence-corrected chi connectivity index (χ0v) is 15.6. The Morgan fingerprint density at radius 1 is 0.967 bits per heavy atom. The smallest absolute Gasteiger partial charge is 0.342 e. The standard InChI is InChI=1S/C22H17N3O5/c23-19-17(21(27)28)16(18(22(29)30)20(26)24-19)14-7-6-13-8-9-25(15(13)10-14)11-12-4-2-1-3-5-12/h1-10H,11H2,(H,27,28)(H,29,30)(H3,23,24,26). The molecule has 4 rings (SSSR count). The lowest BCUT2D eigenvalue weighted by molar-refractivity contribution is 0.0695. The van der Waals surface area contributed by atoms with Crippen molar-refractivity contribution in [2.75, 3.05) is 5.73 Å². The fourth-order valence-electron chi connectivity index (χ4n) is 3.59. The van der Waals surface area contributed by atoms with E-state index in [-0.39, 0.29) is 11.1 Å². The summed E-state index contributed by atoms with van der Waals surface area (Å²) in [5, 5.41) is 20.1. The van der Waals surface area contributed by atoms with Crippen molar-refractivity contribution in [3.8, 4) is 11.1 Å². The number of carboxylic acid groups (broad SMARTS) is 2. The molecule has 0 aliphatic carbocycles. The summed E-state index contributed by atoms with van der Waals surface area (Å²) in [4.78, 5) is 38.0. The Morgan fingerprint density at radius 3 is 2.33 bits per heavy atom. The molecule has 8 heteroatoms. The van der Waals surface area contributed by atoms with Gasteiger partial charge in [-0.1, -0.05) is 42.5 Å². The van der Waals surface area contributed by atoms with E-state index < -0.39 is 34.4 Å². The van der Waals surface area contributed by atoms with Crippen LogP contribution in [0.5, 0.6) is 0 Å². The fraction of sp³-hybridized carbons (Fsp3) is 0.0455. The van der Waals surface area contributed by atoms with Gasteiger partial charge < -0.3 is 25.5 Å². The highest BCUT2D eigenvalue weighted by molar-refractivity contribution is 6.08. The van der Waals surface area contributed by atoms with E-state index in [2.05, 4.69) is 4.98 Å². The van der Waals surface area contributed by atoms with Crippen LogP contribution in [-0.2, 0) is 6.54 Å². The Labute approximate surface area is 169 Å². The molecule has 0 amide bonds. The van der Waals surface area contributed by atoms with Crippen molar-refractivity contribution < 1.29 is 19.8 Å². The number of nitrogens with one attached hydrogen (secondary N) is 1. The number of carbonyl (C=O) groups is 2. The van der Waals surface area contributed by atoms with Gasteiger partial charge in [-0.3, -0.25) is 4.79 Å². The number of aromatic carboxylic acids is 2. The third-order valence-corrected chi connectivity index (χ3v) is 4.93. The van der Waals surface area contributed by atoms with Crippen LogP contribution < -0.4 is 11.3 Å². The van der Waals surface area contributed by atoms with Crippen LogP contribution in [0.2, 0.25) is 0 Å². The van der Waals surface area contributed by atoms with E-state index in [0.717, 1.165) is 16.5 Å². The summed E-state index contributed by atoms with van der Waals surface area (Å²) in [5.41, 5.74) is 5.54. The zero-order chi connectivity index (χ0) is 21.4. The minimum Gasteiger partial charge on any atom is -0.478 e. The van der Waals surface area contributed by atoms with Crippen molar-refractivity contribution in [1.82, 2.24) is 9.55 Å². The molecule has 0 radical (unpaired) electrons. The maximum atomic E-state index is 12.3. The molecule has 150 valence electrons. The summed E-state index contributed by atoms with van der Waals surface area (Å²) in [6.07, 6.45) is 1.89. The van der Waals surface area contributed by atoms with Crippen LogP contribution in [0.4, 0.5) is 5.82 Å². The second kappa shape index (κ2) is 7.25. The van der Waals surface area contributed by atoms with Crippen LogP contribution in [-0.4, -0.2) is 31.7 Å². The number of rotatable bonds is 5. The summed E-state index contributed by atoms with van der Waals surface area (Å²) in [7, 11) is 0. The number of nitrogens with zero attached hydrogens (tertiary/aromatic N) is 1. The molecule has 2 aromatic heterocycles. The Balaban J connectivity index is 1.96. The van der Waals surface area contributed by atoms with Crippen molar-refractivity contribution in [3.05, 3.63) is 87.8 Å². The van der Waals surface area contributed by atoms with Crippen LogP contribution in [0.15, 0.2) is 65.6 Å². The fourth-order valence-corrected chi connectivity index (χ4v) is 3.59. The molecule has 0 spiro atoms. The minimum absolute atomic E-state index is 0.217. The molecule has 0 aliphatic heterocycles. The Morgan fingerprint density at radius 2 is 1.67 bits per heavy atom. The number of aromatic nitrogens is 2. The highest BCUT2D eigenvalue weighted by atomic mass is 16.4. The van der Waals surface area contributed by atoms with Gasteiger partial charge >= 0.3 is 11.9 Å². The predicted molar refractivity (Wildman–Crippen MR) is 112 cm³/mol. The number of nitrogens with two attached hydrogens (primary N) is 1. The molecule has 4 aromatic rings. The Bertz CT molecular complexity index is 1350. The van der Waals surface area contributed by atoms with E-state index in [1.807, 2.05) is 47.2 Å². The van der Waals surface area contributed by atoms with Gasteiger partial charge in [-0.15, -0.1) is 0 Å². The molecular weight excluding hydrogens is 386 g/mol. The lowest BCUT2D eigenvalue weighted by Gasteiger charge is -2.13. The molecule has 0 fully saturated rings. The lowest BCUT2D eigenvalue weighted by Crippen LogP contribution is -2.24. The number of benzene rings is 2. The van der Waals surface area contributed by atoms with Gasteiger partial charge in [0, 0.05) is 23.8 Å². The number of hydrogen-bond donors (Lipinski definition) is 4. The van der Waals surface area contributed by atoms with E-state index >= 15 is 0 Å². The first-order valence-corrected chi connectivity index (χ1v) is 9.02. The second-order valence-electron chi connectivity index (χ2n) is 6.81. The van der Waals surface area contributed by atoms with E-state index in [1.165, 1.54) is 0 Å². The number of hydrogen-bond acceptors (Lipinski definition) is 4. The number of fused-ring (bicyclic) bond motifs is 1. The third kappa shape index (κ3) is 3.20. The average Bonchev–Trinajstić information content (AvgIpc) is 3.09. The maximum Gasteiger partial charge on any atom is 0.342 e. The normalized spacial score (nSPS) is 10.9. The first-order valence-electron chi connectivity index (χ1n) is 9.02. The van der Waals surface area contributed by atoms with Crippen LogP contribution in [0.3, 0.4) is 0 Å². The summed E-state index contributed by atoms with van der Waals surface area (Å²) in [5.74, 6) is -3.36. The van der Waals surface area contributed by atoms with E-state index in [1.54, 1.807) is 18.2 Å². The predicted octanol–water partition coefficient (Wildman–Crippen LogP) is 3.02. The van der Waals surface area contributed by atoms with Crippen molar-refractivity contribution in [2.45, 2.75) is 6.54 Å². The first-order chi connectivity index (χ1) is 14.4. The van der Waals surface area contributed by atoms with Crippen molar-refractivity contribution in [3.63, 3.8) is 0 Å². The molecule has 30 heavy (non-hydrogen) atoms. The molecular formula is C22H17N3O5. The summed E-state index contributed by atoms with van der Waals surface area (Å²) >= 11 is 0. The van der Waals surface area contributed by atoms with Gasteiger partial charge in [-0.05, 0) is 28.6 Å². The van der Waals surface area contributed by atoms with Gasteiger partial charge in [0.1, 0.15) is 16.9 Å². The van der Waals surface area contributed by atoms with Crippen molar-refractivity contribution in [1.29, 1.82) is 0 Å².